The molecular formula is C10H21NO2S. The molecule has 0 aromatic rings. The third-order valence-electron chi connectivity index (χ3n) is 2.69. The molecule has 0 N–H and O–H groups in total. The summed E-state index contributed by atoms with van der Waals surface area (Å²) in [5, 5.41) is 0. The highest BCUT2D eigenvalue weighted by Crippen LogP contribution is 2.17. The lowest BCUT2D eigenvalue weighted by Gasteiger charge is -2.27. The first-order chi connectivity index (χ1) is 6.88. The Morgan fingerprint density at radius 2 is 2.21 bits per heavy atom. The van der Waals surface area contributed by atoms with Crippen LogP contribution in [0.15, 0.2) is 0 Å². The summed E-state index contributed by atoms with van der Waals surface area (Å²) in [4.78, 5) is 2.39. The van der Waals surface area contributed by atoms with Crippen LogP contribution in [0.3, 0.4) is 0 Å². The molecule has 1 saturated heterocycles. The first-order valence-electron chi connectivity index (χ1n) is 5.30. The van der Waals surface area contributed by atoms with Crippen LogP contribution >= 0.6 is 12.6 Å². The second-order valence-electron chi connectivity index (χ2n) is 3.73. The largest absolute Gasteiger partial charge is 0.359 e. The number of hydrogen-bond acceptors (Lipinski definition) is 4. The minimum Gasteiger partial charge on any atom is -0.359 e. The Morgan fingerprint density at radius 1 is 1.36 bits per heavy atom. The maximum Gasteiger partial charge on any atom is 0.146 e. The summed E-state index contributed by atoms with van der Waals surface area (Å²) in [6.07, 6.45) is 5.17. The summed E-state index contributed by atoms with van der Waals surface area (Å²) in [7, 11) is 1.66. The van der Waals surface area contributed by atoms with Gasteiger partial charge < -0.3 is 9.47 Å². The number of ether oxygens (including phenoxy) is 2. The van der Waals surface area contributed by atoms with E-state index in [4.69, 9.17) is 9.47 Å². The molecule has 1 aliphatic heterocycles. The predicted octanol–water partition coefficient (Wildman–Crippen LogP) is 1.74. The Labute approximate surface area is 92.2 Å². The first-order valence-corrected chi connectivity index (χ1v) is 5.93. The van der Waals surface area contributed by atoms with E-state index >= 15 is 0 Å². The lowest BCUT2D eigenvalue weighted by atomic mass is 10.1. The van der Waals surface area contributed by atoms with Gasteiger partial charge in [-0.05, 0) is 19.4 Å². The maximum atomic E-state index is 5.41. The van der Waals surface area contributed by atoms with Gasteiger partial charge in [0.25, 0.3) is 0 Å². The van der Waals surface area contributed by atoms with Crippen LogP contribution in [0, 0.1) is 0 Å². The lowest BCUT2D eigenvalue weighted by Crippen LogP contribution is -2.37. The number of methoxy groups -OCH3 is 1. The number of rotatable bonds is 5. The van der Waals surface area contributed by atoms with E-state index in [0.29, 0.717) is 12.8 Å². The highest BCUT2D eigenvalue weighted by Gasteiger charge is 2.19. The van der Waals surface area contributed by atoms with E-state index in [1.807, 2.05) is 0 Å². The Kier molecular flexibility index (Phi) is 6.60. The average molecular weight is 219 g/mol. The summed E-state index contributed by atoms with van der Waals surface area (Å²) in [5.41, 5.74) is 0. The van der Waals surface area contributed by atoms with Crippen LogP contribution in [0.1, 0.15) is 25.7 Å². The van der Waals surface area contributed by atoms with Gasteiger partial charge in [0.2, 0.25) is 0 Å². The van der Waals surface area contributed by atoms with Gasteiger partial charge >= 0.3 is 0 Å². The van der Waals surface area contributed by atoms with Gasteiger partial charge in [0.05, 0.1) is 6.61 Å². The highest BCUT2D eigenvalue weighted by molar-refractivity contribution is 7.80. The van der Waals surface area contributed by atoms with E-state index in [-0.39, 0.29) is 0 Å². The molecule has 1 rings (SSSR count). The van der Waals surface area contributed by atoms with Crippen molar-refractivity contribution >= 4 is 12.6 Å². The van der Waals surface area contributed by atoms with Gasteiger partial charge in [0, 0.05) is 19.0 Å². The average Bonchev–Trinajstić information content (AvgIpc) is 2.43. The molecule has 1 fully saturated rings. The van der Waals surface area contributed by atoms with Gasteiger partial charge in [-0.2, -0.15) is 12.6 Å². The van der Waals surface area contributed by atoms with Gasteiger partial charge in [-0.1, -0.05) is 12.8 Å². The number of likely N-dealkylation sites (tertiary alicyclic amines) is 1. The highest BCUT2D eigenvalue weighted by atomic mass is 32.1. The standard InChI is InChI=1S/C10H21NO2S/c1-12-9-13-7-10-5-3-2-4-6-11(10)8-14/h10,14H,2-9H2,1H3. The van der Waals surface area contributed by atoms with Gasteiger partial charge in [0.15, 0.2) is 0 Å². The third-order valence-corrected chi connectivity index (χ3v) is 3.06. The van der Waals surface area contributed by atoms with E-state index in [9.17, 15) is 0 Å². The Balaban J connectivity index is 2.28. The zero-order chi connectivity index (χ0) is 10.2. The predicted molar refractivity (Wildman–Crippen MR) is 60.6 cm³/mol. The molecule has 0 aliphatic carbocycles. The summed E-state index contributed by atoms with van der Waals surface area (Å²) in [5.74, 6) is 0.834. The Morgan fingerprint density at radius 3 is 2.93 bits per heavy atom. The smallest absolute Gasteiger partial charge is 0.146 e. The zero-order valence-electron chi connectivity index (χ0n) is 8.95. The molecule has 0 bridgehead atoms. The minimum atomic E-state index is 0.400. The van der Waals surface area contributed by atoms with Crippen molar-refractivity contribution in [2.45, 2.75) is 31.7 Å². The fraction of sp³-hybridized carbons (Fsp3) is 1.00. The molecule has 1 atom stereocenters. The molecule has 1 unspecified atom stereocenters. The molecule has 0 spiro atoms. The molecule has 3 nitrogen and oxygen atoms in total. The van der Waals surface area contributed by atoms with E-state index in [1.165, 1.54) is 25.7 Å². The topological polar surface area (TPSA) is 21.7 Å². The number of thiol groups is 1. The fourth-order valence-electron chi connectivity index (χ4n) is 1.88. The summed E-state index contributed by atoms with van der Waals surface area (Å²) < 4.78 is 10.3. The van der Waals surface area contributed by atoms with Crippen LogP contribution in [0.25, 0.3) is 0 Å². The molecule has 0 radical (unpaired) electrons. The quantitative estimate of drug-likeness (QED) is 0.432. The van der Waals surface area contributed by atoms with Gasteiger partial charge in [-0.15, -0.1) is 0 Å². The summed E-state index contributed by atoms with van der Waals surface area (Å²) >= 11 is 4.35. The lowest BCUT2D eigenvalue weighted by molar-refractivity contribution is -0.0497. The van der Waals surface area contributed by atoms with Crippen LogP contribution in [-0.4, -0.2) is 43.9 Å². The van der Waals surface area contributed by atoms with Gasteiger partial charge in [-0.25, -0.2) is 0 Å². The van der Waals surface area contributed by atoms with Crippen molar-refractivity contribution in [3.8, 4) is 0 Å². The molecule has 0 aromatic heterocycles. The molecule has 0 amide bonds. The Bertz CT molecular complexity index is 146. The van der Waals surface area contributed by atoms with Crippen LogP contribution in [0.5, 0.6) is 0 Å². The van der Waals surface area contributed by atoms with E-state index < -0.39 is 0 Å². The first kappa shape index (κ1) is 12.3. The molecular weight excluding hydrogens is 198 g/mol. The number of hydrogen-bond donors (Lipinski definition) is 1. The minimum absolute atomic E-state index is 0.400. The van der Waals surface area contributed by atoms with Crippen molar-refractivity contribution < 1.29 is 9.47 Å². The van der Waals surface area contributed by atoms with Crippen molar-refractivity contribution in [2.24, 2.45) is 0 Å². The summed E-state index contributed by atoms with van der Waals surface area (Å²) in [6.45, 7) is 2.33. The second kappa shape index (κ2) is 7.51. The molecule has 4 heteroatoms. The molecule has 84 valence electrons. The second-order valence-corrected chi connectivity index (χ2v) is 4.02. The van der Waals surface area contributed by atoms with Crippen molar-refractivity contribution in [3.05, 3.63) is 0 Å². The zero-order valence-corrected chi connectivity index (χ0v) is 9.84. The van der Waals surface area contributed by atoms with Crippen LogP contribution in [0.4, 0.5) is 0 Å². The van der Waals surface area contributed by atoms with Crippen molar-refractivity contribution in [1.29, 1.82) is 0 Å². The molecule has 0 aromatic carbocycles. The van der Waals surface area contributed by atoms with E-state index in [1.54, 1.807) is 7.11 Å². The SMILES string of the molecule is COCOCC1CCCCCN1CS. The van der Waals surface area contributed by atoms with Gasteiger partial charge in [0.1, 0.15) is 6.79 Å². The van der Waals surface area contributed by atoms with Crippen LogP contribution < -0.4 is 0 Å². The third kappa shape index (κ3) is 4.17. The monoisotopic (exact) mass is 219 g/mol. The number of nitrogens with zero attached hydrogens (tertiary/aromatic N) is 1. The van der Waals surface area contributed by atoms with E-state index in [2.05, 4.69) is 17.5 Å². The molecule has 1 aliphatic rings. The normalized spacial score (nSPS) is 24.9. The molecule has 0 saturated carbocycles. The summed E-state index contributed by atoms with van der Waals surface area (Å²) in [6, 6.07) is 0.533. The molecule has 1 heterocycles. The molecule has 14 heavy (non-hydrogen) atoms. The van der Waals surface area contributed by atoms with Crippen molar-refractivity contribution in [3.63, 3.8) is 0 Å². The van der Waals surface area contributed by atoms with Crippen molar-refractivity contribution in [2.75, 3.05) is 32.9 Å². The Hall–Kier alpha value is 0.230. The van der Waals surface area contributed by atoms with Crippen molar-refractivity contribution in [1.82, 2.24) is 4.90 Å². The van der Waals surface area contributed by atoms with Crippen LogP contribution in [-0.2, 0) is 9.47 Å². The van der Waals surface area contributed by atoms with Gasteiger partial charge in [-0.3, -0.25) is 4.90 Å². The fourth-order valence-corrected chi connectivity index (χ4v) is 2.25. The van der Waals surface area contributed by atoms with E-state index in [0.717, 1.165) is 19.0 Å². The maximum absolute atomic E-state index is 5.41. The van der Waals surface area contributed by atoms with Crippen LogP contribution in [0.2, 0.25) is 0 Å².